The molecule has 1 unspecified atom stereocenters. The number of anilines is 1. The molecule has 0 spiro atoms. The molecule has 0 fully saturated rings. The Morgan fingerprint density at radius 1 is 1.81 bits per heavy atom. The lowest BCUT2D eigenvalue weighted by Crippen LogP contribution is -2.33. The Kier molecular flexibility index (Phi) is 4.44. The summed E-state index contributed by atoms with van der Waals surface area (Å²) in [5.74, 6) is 0.0145. The molecular formula is C8H15N5O2S. The first-order valence-corrected chi connectivity index (χ1v) is 5.17. The highest BCUT2D eigenvalue weighted by Crippen LogP contribution is 2.10. The second-order valence-electron chi connectivity index (χ2n) is 3.22. The van der Waals surface area contributed by atoms with Gasteiger partial charge in [0.15, 0.2) is 4.77 Å². The summed E-state index contributed by atoms with van der Waals surface area (Å²) in [5.41, 5.74) is 5.58. The molecule has 0 radical (unpaired) electrons. The van der Waals surface area contributed by atoms with Gasteiger partial charge < -0.3 is 15.8 Å². The van der Waals surface area contributed by atoms with Crippen LogP contribution in [0.3, 0.4) is 0 Å². The molecule has 0 saturated heterocycles. The Balaban J connectivity index is 2.67. The number of nitrogens with one attached hydrogen (secondary N) is 2. The third-order valence-electron chi connectivity index (χ3n) is 2.10. The van der Waals surface area contributed by atoms with Crippen molar-refractivity contribution in [3.8, 4) is 0 Å². The molecule has 0 aliphatic carbocycles. The van der Waals surface area contributed by atoms with Gasteiger partial charge in [-0.2, -0.15) is 0 Å². The number of H-pyrrole nitrogens is 1. The number of aromatic nitrogens is 3. The molecule has 7 nitrogen and oxygen atoms in total. The largest absolute Gasteiger partial charge is 0.383 e. The fourth-order valence-electron chi connectivity index (χ4n) is 1.23. The van der Waals surface area contributed by atoms with Gasteiger partial charge in [-0.05, 0) is 19.1 Å². The highest BCUT2D eigenvalue weighted by molar-refractivity contribution is 7.71. The second kappa shape index (κ2) is 5.61. The highest BCUT2D eigenvalue weighted by Gasteiger charge is 2.17. The normalized spacial score (nSPS) is 12.4. The molecule has 0 saturated carbocycles. The minimum absolute atomic E-state index is 0.179. The van der Waals surface area contributed by atoms with Crippen molar-refractivity contribution in [2.75, 3.05) is 26.0 Å². The lowest BCUT2D eigenvalue weighted by molar-refractivity contribution is -0.124. The van der Waals surface area contributed by atoms with Crippen LogP contribution < -0.4 is 11.1 Å². The van der Waals surface area contributed by atoms with Gasteiger partial charge in [-0.1, -0.05) is 0 Å². The molecule has 0 aliphatic heterocycles. The quantitative estimate of drug-likeness (QED) is 0.495. The Morgan fingerprint density at radius 3 is 3.00 bits per heavy atom. The molecule has 1 atom stereocenters. The van der Waals surface area contributed by atoms with Crippen LogP contribution in [0.15, 0.2) is 0 Å². The molecule has 1 rings (SSSR count). The number of nitrogens with two attached hydrogens (primary N) is 1. The fraction of sp³-hybridized carbons (Fsp3) is 0.625. The average molecular weight is 245 g/mol. The Bertz CT molecular complexity index is 413. The Hall–Kier alpha value is -1.41. The third kappa shape index (κ3) is 2.80. The van der Waals surface area contributed by atoms with E-state index in [0.717, 1.165) is 0 Å². The number of methoxy groups -OCH3 is 1. The van der Waals surface area contributed by atoms with Crippen LogP contribution in [-0.4, -0.2) is 40.9 Å². The molecule has 1 heterocycles. The van der Waals surface area contributed by atoms with Gasteiger partial charge in [0.1, 0.15) is 6.04 Å². The SMILES string of the molecule is COCCNC(=O)C(C)n1c(N)n[nH]c1=S. The van der Waals surface area contributed by atoms with Crippen molar-refractivity contribution >= 4 is 24.1 Å². The van der Waals surface area contributed by atoms with Gasteiger partial charge in [0, 0.05) is 13.7 Å². The molecule has 4 N–H and O–H groups in total. The summed E-state index contributed by atoms with van der Waals surface area (Å²) in [4.78, 5) is 11.7. The molecule has 1 aromatic rings. The smallest absolute Gasteiger partial charge is 0.243 e. The average Bonchev–Trinajstić information content (AvgIpc) is 2.58. The molecule has 1 aromatic heterocycles. The number of carbonyl (C=O) groups is 1. The van der Waals surface area contributed by atoms with Crippen molar-refractivity contribution in [2.24, 2.45) is 0 Å². The summed E-state index contributed by atoms with van der Waals surface area (Å²) in [6.45, 7) is 2.61. The molecule has 0 aromatic carbocycles. The molecule has 90 valence electrons. The first-order chi connectivity index (χ1) is 7.57. The van der Waals surface area contributed by atoms with Gasteiger partial charge in [0.2, 0.25) is 11.9 Å². The lowest BCUT2D eigenvalue weighted by Gasteiger charge is -2.13. The van der Waals surface area contributed by atoms with E-state index in [2.05, 4.69) is 15.5 Å². The predicted octanol–water partition coefficient (Wildman–Crippen LogP) is -0.154. The van der Waals surface area contributed by atoms with Crippen molar-refractivity contribution in [1.29, 1.82) is 0 Å². The zero-order valence-corrected chi connectivity index (χ0v) is 10.0. The number of hydrogen-bond acceptors (Lipinski definition) is 5. The van der Waals surface area contributed by atoms with Crippen molar-refractivity contribution in [3.63, 3.8) is 0 Å². The van der Waals surface area contributed by atoms with Crippen LogP contribution >= 0.6 is 12.2 Å². The first-order valence-electron chi connectivity index (χ1n) is 4.77. The van der Waals surface area contributed by atoms with Gasteiger partial charge in [0.25, 0.3) is 0 Å². The number of rotatable bonds is 5. The topological polar surface area (TPSA) is 98.0 Å². The highest BCUT2D eigenvalue weighted by atomic mass is 32.1. The summed E-state index contributed by atoms with van der Waals surface area (Å²) >= 11 is 4.96. The lowest BCUT2D eigenvalue weighted by atomic mass is 10.3. The summed E-state index contributed by atoms with van der Waals surface area (Å²) in [7, 11) is 1.57. The van der Waals surface area contributed by atoms with Crippen LogP contribution in [0.2, 0.25) is 0 Å². The molecule has 0 aliphatic rings. The molecular weight excluding hydrogens is 230 g/mol. The monoisotopic (exact) mass is 245 g/mol. The van der Waals surface area contributed by atoms with Crippen LogP contribution in [0, 0.1) is 4.77 Å². The van der Waals surface area contributed by atoms with Gasteiger partial charge in [-0.3, -0.25) is 9.36 Å². The summed E-state index contributed by atoms with van der Waals surface area (Å²) in [6, 6.07) is -0.497. The summed E-state index contributed by atoms with van der Waals surface area (Å²) in [6.07, 6.45) is 0. The van der Waals surface area contributed by atoms with E-state index in [9.17, 15) is 4.79 Å². The minimum Gasteiger partial charge on any atom is -0.383 e. The fourth-order valence-corrected chi connectivity index (χ4v) is 1.53. The van der Waals surface area contributed by atoms with Crippen molar-refractivity contribution in [3.05, 3.63) is 4.77 Å². The number of amides is 1. The number of hydrogen-bond donors (Lipinski definition) is 3. The maximum Gasteiger partial charge on any atom is 0.243 e. The van der Waals surface area contributed by atoms with E-state index in [1.54, 1.807) is 14.0 Å². The summed E-state index contributed by atoms with van der Waals surface area (Å²) in [5, 5.41) is 8.96. The Morgan fingerprint density at radius 2 is 2.50 bits per heavy atom. The van der Waals surface area contributed by atoms with Crippen molar-refractivity contribution in [1.82, 2.24) is 20.1 Å². The van der Waals surface area contributed by atoms with Crippen LogP contribution in [-0.2, 0) is 9.53 Å². The maximum absolute atomic E-state index is 11.7. The van der Waals surface area contributed by atoms with E-state index in [1.165, 1.54) is 4.57 Å². The van der Waals surface area contributed by atoms with Gasteiger partial charge in [-0.15, -0.1) is 5.10 Å². The van der Waals surface area contributed by atoms with E-state index in [-0.39, 0.29) is 11.9 Å². The predicted molar refractivity (Wildman–Crippen MR) is 61.4 cm³/mol. The van der Waals surface area contributed by atoms with Gasteiger partial charge in [0.05, 0.1) is 6.61 Å². The van der Waals surface area contributed by atoms with Crippen molar-refractivity contribution in [2.45, 2.75) is 13.0 Å². The molecule has 8 heteroatoms. The molecule has 1 amide bonds. The Labute approximate surface area is 98.0 Å². The molecule has 0 bridgehead atoms. The second-order valence-corrected chi connectivity index (χ2v) is 3.60. The van der Waals surface area contributed by atoms with E-state index in [4.69, 9.17) is 22.7 Å². The standard InChI is InChI=1S/C8H15N5O2S/c1-5(6(14)10-3-4-15-2)13-7(9)11-12-8(13)16/h5H,3-4H2,1-2H3,(H2,9,11)(H,10,14)(H,12,16). The van der Waals surface area contributed by atoms with Crippen LogP contribution in [0.25, 0.3) is 0 Å². The zero-order chi connectivity index (χ0) is 12.1. The van der Waals surface area contributed by atoms with E-state index >= 15 is 0 Å². The van der Waals surface area contributed by atoms with Crippen molar-refractivity contribution < 1.29 is 9.53 Å². The van der Waals surface area contributed by atoms with Crippen LogP contribution in [0.1, 0.15) is 13.0 Å². The van der Waals surface area contributed by atoms with E-state index in [1.807, 2.05) is 0 Å². The number of carbonyl (C=O) groups excluding carboxylic acids is 1. The minimum atomic E-state index is -0.497. The zero-order valence-electron chi connectivity index (χ0n) is 9.19. The maximum atomic E-state index is 11.7. The van der Waals surface area contributed by atoms with Crippen LogP contribution in [0.4, 0.5) is 5.95 Å². The first kappa shape index (κ1) is 12.7. The van der Waals surface area contributed by atoms with Crippen LogP contribution in [0.5, 0.6) is 0 Å². The van der Waals surface area contributed by atoms with Gasteiger partial charge in [-0.25, -0.2) is 5.10 Å². The number of aromatic amines is 1. The van der Waals surface area contributed by atoms with E-state index < -0.39 is 6.04 Å². The number of ether oxygens (including phenoxy) is 1. The number of nitrogen functional groups attached to an aromatic ring is 1. The van der Waals surface area contributed by atoms with Gasteiger partial charge >= 0.3 is 0 Å². The number of nitrogens with zero attached hydrogens (tertiary/aromatic N) is 2. The summed E-state index contributed by atoms with van der Waals surface area (Å²) < 4.78 is 6.61. The molecule has 16 heavy (non-hydrogen) atoms. The third-order valence-corrected chi connectivity index (χ3v) is 2.39. The van der Waals surface area contributed by atoms with E-state index in [0.29, 0.717) is 17.9 Å².